The van der Waals surface area contributed by atoms with E-state index < -0.39 is 5.79 Å². The maximum absolute atomic E-state index is 5.57. The van der Waals surface area contributed by atoms with Crippen LogP contribution in [0.25, 0.3) is 0 Å². The summed E-state index contributed by atoms with van der Waals surface area (Å²) in [5, 5.41) is 3.88. The second-order valence-electron chi connectivity index (χ2n) is 4.31. The molecule has 0 aromatic heterocycles. The van der Waals surface area contributed by atoms with E-state index >= 15 is 0 Å². The fourth-order valence-electron chi connectivity index (χ4n) is 1.56. The summed E-state index contributed by atoms with van der Waals surface area (Å²) in [6.45, 7) is 4.72. The standard InChI is InChI=1S/C13H16NO3/c1-13(2)15-9-12(17-13)10-16-14-8-11-6-4-3-5-7-11/h4-8,12H,9-10H2,1-2H3. The van der Waals surface area contributed by atoms with E-state index in [9.17, 15) is 0 Å². The predicted octanol–water partition coefficient (Wildman–Crippen LogP) is 1.99. The van der Waals surface area contributed by atoms with E-state index in [0.29, 0.717) is 13.2 Å². The molecule has 4 nitrogen and oxygen atoms in total. The van der Waals surface area contributed by atoms with Crippen molar-refractivity contribution >= 4 is 6.21 Å². The molecule has 1 atom stereocenters. The van der Waals surface area contributed by atoms with Gasteiger partial charge in [0.1, 0.15) is 12.7 Å². The Hall–Kier alpha value is -1.39. The topological polar surface area (TPSA) is 40.0 Å². The first-order valence-electron chi connectivity index (χ1n) is 5.59. The number of oxime groups is 1. The van der Waals surface area contributed by atoms with Crippen LogP contribution in [-0.4, -0.2) is 31.3 Å². The molecule has 4 heteroatoms. The minimum atomic E-state index is -0.507. The molecule has 1 aromatic carbocycles. The van der Waals surface area contributed by atoms with Crippen molar-refractivity contribution in [3.8, 4) is 0 Å². The smallest absolute Gasteiger partial charge is 0.163 e. The van der Waals surface area contributed by atoms with Crippen molar-refractivity contribution in [2.75, 3.05) is 13.2 Å². The van der Waals surface area contributed by atoms with E-state index in [1.807, 2.05) is 38.1 Å². The minimum Gasteiger partial charge on any atom is -0.393 e. The van der Waals surface area contributed by atoms with E-state index in [4.69, 9.17) is 14.3 Å². The molecule has 1 aliphatic heterocycles. The van der Waals surface area contributed by atoms with Crippen LogP contribution in [0.4, 0.5) is 0 Å². The van der Waals surface area contributed by atoms with Gasteiger partial charge in [-0.15, -0.1) is 0 Å². The van der Waals surface area contributed by atoms with Gasteiger partial charge < -0.3 is 14.3 Å². The molecule has 0 spiro atoms. The van der Waals surface area contributed by atoms with Crippen LogP contribution >= 0.6 is 0 Å². The van der Waals surface area contributed by atoms with Crippen molar-refractivity contribution < 1.29 is 14.3 Å². The average molecular weight is 234 g/mol. The van der Waals surface area contributed by atoms with Crippen molar-refractivity contribution in [3.63, 3.8) is 0 Å². The third-order valence-corrected chi connectivity index (χ3v) is 2.35. The second kappa shape index (κ2) is 5.29. The Labute approximate surface area is 101 Å². The fraction of sp³-hybridized carbons (Fsp3) is 0.462. The SMILES string of the molecule is CC1(C)OCC(CON=Cc2cc[c]cc2)O1. The molecule has 2 rings (SSSR count). The number of rotatable bonds is 4. The van der Waals surface area contributed by atoms with Gasteiger partial charge in [0.2, 0.25) is 0 Å². The first-order chi connectivity index (χ1) is 8.16. The summed E-state index contributed by atoms with van der Waals surface area (Å²) in [6.07, 6.45) is 1.61. The van der Waals surface area contributed by atoms with E-state index in [0.717, 1.165) is 5.56 Å². The molecule has 1 radical (unpaired) electrons. The molecule has 0 saturated carbocycles. The first kappa shape index (κ1) is 12.1. The molecule has 1 aromatic rings. The van der Waals surface area contributed by atoms with Gasteiger partial charge in [-0.05, 0) is 25.5 Å². The zero-order valence-electron chi connectivity index (χ0n) is 10.1. The van der Waals surface area contributed by atoms with E-state index in [1.165, 1.54) is 0 Å². The van der Waals surface area contributed by atoms with Crippen LogP contribution in [0.5, 0.6) is 0 Å². The fourth-order valence-corrected chi connectivity index (χ4v) is 1.56. The molecule has 0 amide bonds. The Morgan fingerprint density at radius 2 is 2.29 bits per heavy atom. The zero-order valence-corrected chi connectivity index (χ0v) is 10.1. The van der Waals surface area contributed by atoms with Gasteiger partial charge in [0.15, 0.2) is 5.79 Å². The van der Waals surface area contributed by atoms with E-state index in [1.54, 1.807) is 6.21 Å². The van der Waals surface area contributed by atoms with Crippen LogP contribution in [0.15, 0.2) is 29.4 Å². The lowest BCUT2D eigenvalue weighted by molar-refractivity contribution is -0.144. The molecular formula is C13H16NO3. The molecule has 1 aliphatic rings. The molecule has 0 bridgehead atoms. The highest BCUT2D eigenvalue weighted by molar-refractivity contribution is 5.78. The number of nitrogens with zero attached hydrogens (tertiary/aromatic N) is 1. The predicted molar refractivity (Wildman–Crippen MR) is 63.7 cm³/mol. The van der Waals surface area contributed by atoms with Crippen molar-refractivity contribution in [2.24, 2.45) is 5.16 Å². The van der Waals surface area contributed by atoms with Crippen LogP contribution < -0.4 is 0 Å². The minimum absolute atomic E-state index is 0.0498. The third kappa shape index (κ3) is 3.84. The molecule has 17 heavy (non-hydrogen) atoms. The average Bonchev–Trinajstić information content (AvgIpc) is 2.66. The third-order valence-electron chi connectivity index (χ3n) is 2.35. The van der Waals surface area contributed by atoms with Gasteiger partial charge in [-0.1, -0.05) is 29.4 Å². The highest BCUT2D eigenvalue weighted by Gasteiger charge is 2.32. The number of hydrogen-bond donors (Lipinski definition) is 0. The second-order valence-corrected chi connectivity index (χ2v) is 4.31. The molecule has 0 N–H and O–H groups in total. The summed E-state index contributed by atoms with van der Waals surface area (Å²) in [6, 6.07) is 10.4. The number of benzene rings is 1. The van der Waals surface area contributed by atoms with Crippen LogP contribution in [0.1, 0.15) is 19.4 Å². The summed E-state index contributed by atoms with van der Waals surface area (Å²) in [5.41, 5.74) is 0.979. The van der Waals surface area contributed by atoms with Gasteiger partial charge in [0, 0.05) is 0 Å². The van der Waals surface area contributed by atoms with Crippen molar-refractivity contribution in [1.29, 1.82) is 0 Å². The zero-order chi connectivity index (χ0) is 12.1. The molecule has 1 unspecified atom stereocenters. The molecule has 91 valence electrons. The number of ether oxygens (including phenoxy) is 2. The summed E-state index contributed by atoms with van der Waals surface area (Å²) >= 11 is 0. The maximum Gasteiger partial charge on any atom is 0.163 e. The van der Waals surface area contributed by atoms with E-state index in [-0.39, 0.29) is 6.10 Å². The van der Waals surface area contributed by atoms with Gasteiger partial charge in [-0.25, -0.2) is 0 Å². The maximum atomic E-state index is 5.57. The Bertz CT molecular complexity index is 376. The summed E-state index contributed by atoms with van der Waals surface area (Å²) < 4.78 is 11.0. The van der Waals surface area contributed by atoms with Gasteiger partial charge in [0.05, 0.1) is 12.8 Å². The lowest BCUT2D eigenvalue weighted by atomic mass is 10.2. The lowest BCUT2D eigenvalue weighted by Gasteiger charge is -2.16. The Morgan fingerprint density at radius 1 is 1.53 bits per heavy atom. The summed E-state index contributed by atoms with van der Waals surface area (Å²) in [5.74, 6) is -0.507. The van der Waals surface area contributed by atoms with Gasteiger partial charge >= 0.3 is 0 Å². The van der Waals surface area contributed by atoms with Crippen molar-refractivity contribution in [3.05, 3.63) is 35.9 Å². The van der Waals surface area contributed by atoms with Crippen LogP contribution in [0.2, 0.25) is 0 Å². The number of hydrogen-bond acceptors (Lipinski definition) is 4. The van der Waals surface area contributed by atoms with E-state index in [2.05, 4.69) is 11.2 Å². The van der Waals surface area contributed by atoms with Crippen molar-refractivity contribution in [2.45, 2.75) is 25.7 Å². The molecule has 0 aliphatic carbocycles. The summed E-state index contributed by atoms with van der Waals surface area (Å²) in [7, 11) is 0. The van der Waals surface area contributed by atoms with Gasteiger partial charge in [-0.3, -0.25) is 0 Å². The Balaban J connectivity index is 1.72. The highest BCUT2D eigenvalue weighted by Crippen LogP contribution is 2.22. The monoisotopic (exact) mass is 234 g/mol. The summed E-state index contributed by atoms with van der Waals surface area (Å²) in [4.78, 5) is 5.17. The Morgan fingerprint density at radius 3 is 2.94 bits per heavy atom. The first-order valence-corrected chi connectivity index (χ1v) is 5.59. The van der Waals surface area contributed by atoms with Gasteiger partial charge in [-0.2, -0.15) is 0 Å². The Kier molecular flexibility index (Phi) is 3.76. The quantitative estimate of drug-likeness (QED) is 0.591. The molecule has 1 saturated heterocycles. The van der Waals surface area contributed by atoms with Crippen molar-refractivity contribution in [1.82, 2.24) is 0 Å². The highest BCUT2D eigenvalue weighted by atomic mass is 16.8. The molecule has 1 heterocycles. The lowest BCUT2D eigenvalue weighted by Crippen LogP contribution is -2.23. The van der Waals surface area contributed by atoms with Gasteiger partial charge in [0.25, 0.3) is 0 Å². The van der Waals surface area contributed by atoms with Crippen LogP contribution in [0.3, 0.4) is 0 Å². The normalized spacial score (nSPS) is 23.1. The largest absolute Gasteiger partial charge is 0.393 e. The van der Waals surface area contributed by atoms with Crippen LogP contribution in [-0.2, 0) is 14.3 Å². The molecule has 1 fully saturated rings. The van der Waals surface area contributed by atoms with Crippen LogP contribution in [0, 0.1) is 6.07 Å². The molecular weight excluding hydrogens is 218 g/mol.